The number of nitrogens with one attached hydrogen (secondary N) is 2. The van der Waals surface area contributed by atoms with Crippen molar-refractivity contribution in [1.29, 1.82) is 0 Å². The maximum atomic E-state index is 12.2. The van der Waals surface area contributed by atoms with Crippen LogP contribution in [-0.2, 0) is 16.1 Å². The normalized spacial score (nSPS) is 18.2. The van der Waals surface area contributed by atoms with E-state index >= 15 is 0 Å². The van der Waals surface area contributed by atoms with Crippen LogP contribution in [0.4, 0.5) is 4.79 Å². The quantitative estimate of drug-likeness (QED) is 0.639. The Morgan fingerprint density at radius 1 is 1.00 bits per heavy atom. The molecule has 1 fully saturated rings. The SMILES string of the molecule is CCOC(=O)C1=C(CN2CCN(Cc3ccc(OCC)cc3)CC2)NC(=O)NC1. The van der Waals surface area contributed by atoms with Crippen LogP contribution in [0.15, 0.2) is 35.5 Å². The molecule has 0 radical (unpaired) electrons. The lowest BCUT2D eigenvalue weighted by atomic mass is 10.1. The number of urea groups is 1. The zero-order valence-electron chi connectivity index (χ0n) is 17.2. The van der Waals surface area contributed by atoms with Crippen LogP contribution >= 0.6 is 0 Å². The molecule has 0 bridgehead atoms. The van der Waals surface area contributed by atoms with E-state index in [1.54, 1.807) is 6.92 Å². The number of nitrogens with zero attached hydrogens (tertiary/aromatic N) is 2. The van der Waals surface area contributed by atoms with Crippen LogP contribution < -0.4 is 15.4 Å². The van der Waals surface area contributed by atoms with Gasteiger partial charge in [0.2, 0.25) is 0 Å². The molecule has 2 aliphatic rings. The first-order chi connectivity index (χ1) is 14.1. The summed E-state index contributed by atoms with van der Waals surface area (Å²) in [5, 5.41) is 5.42. The molecule has 8 heteroatoms. The Kier molecular flexibility index (Phi) is 7.48. The third-order valence-electron chi connectivity index (χ3n) is 5.06. The van der Waals surface area contributed by atoms with Gasteiger partial charge in [-0.1, -0.05) is 12.1 Å². The summed E-state index contributed by atoms with van der Waals surface area (Å²) in [6, 6.07) is 7.97. The Labute approximate surface area is 171 Å². The smallest absolute Gasteiger partial charge is 0.337 e. The van der Waals surface area contributed by atoms with Crippen molar-refractivity contribution in [3.63, 3.8) is 0 Å². The Bertz CT molecular complexity index is 740. The molecule has 1 aromatic carbocycles. The summed E-state index contributed by atoms with van der Waals surface area (Å²) in [5.74, 6) is 0.528. The zero-order valence-corrected chi connectivity index (χ0v) is 17.2. The molecule has 2 N–H and O–H groups in total. The van der Waals surface area contributed by atoms with Crippen molar-refractivity contribution in [3.8, 4) is 5.75 Å². The van der Waals surface area contributed by atoms with E-state index < -0.39 is 0 Å². The Morgan fingerprint density at radius 2 is 1.66 bits per heavy atom. The summed E-state index contributed by atoms with van der Waals surface area (Å²) >= 11 is 0. The highest BCUT2D eigenvalue weighted by molar-refractivity contribution is 5.93. The van der Waals surface area contributed by atoms with Crippen LogP contribution in [0.5, 0.6) is 5.75 Å². The number of rotatable bonds is 8. The minimum Gasteiger partial charge on any atom is -0.494 e. The molecule has 2 aliphatic heterocycles. The van der Waals surface area contributed by atoms with Crippen molar-refractivity contribution in [1.82, 2.24) is 20.4 Å². The summed E-state index contributed by atoms with van der Waals surface area (Å²) in [5.41, 5.74) is 2.41. The summed E-state index contributed by atoms with van der Waals surface area (Å²) in [6.07, 6.45) is 0. The van der Waals surface area contributed by atoms with E-state index in [0.29, 0.717) is 31.0 Å². The van der Waals surface area contributed by atoms with Crippen LogP contribution in [0.1, 0.15) is 19.4 Å². The fraction of sp³-hybridized carbons (Fsp3) is 0.524. The average Bonchev–Trinajstić information content (AvgIpc) is 2.71. The van der Waals surface area contributed by atoms with Crippen molar-refractivity contribution in [2.75, 3.05) is 52.5 Å². The number of esters is 1. The Morgan fingerprint density at radius 3 is 2.28 bits per heavy atom. The number of carbonyl (C=O) groups is 2. The van der Waals surface area contributed by atoms with Gasteiger partial charge in [0, 0.05) is 45.0 Å². The predicted molar refractivity (Wildman–Crippen MR) is 110 cm³/mol. The van der Waals surface area contributed by atoms with E-state index in [1.165, 1.54) is 5.56 Å². The second-order valence-electron chi connectivity index (χ2n) is 7.11. The van der Waals surface area contributed by atoms with E-state index in [0.717, 1.165) is 38.5 Å². The monoisotopic (exact) mass is 402 g/mol. The Hall–Kier alpha value is -2.58. The van der Waals surface area contributed by atoms with Crippen molar-refractivity contribution >= 4 is 12.0 Å². The molecule has 0 aromatic heterocycles. The molecule has 1 saturated heterocycles. The van der Waals surface area contributed by atoms with Gasteiger partial charge in [-0.3, -0.25) is 9.80 Å². The van der Waals surface area contributed by atoms with Crippen molar-refractivity contribution in [3.05, 3.63) is 41.1 Å². The van der Waals surface area contributed by atoms with Gasteiger partial charge in [-0.05, 0) is 31.5 Å². The maximum Gasteiger partial charge on any atom is 0.337 e. The molecule has 3 rings (SSSR count). The van der Waals surface area contributed by atoms with Crippen LogP contribution in [0.2, 0.25) is 0 Å². The van der Waals surface area contributed by atoms with Crippen molar-refractivity contribution in [2.24, 2.45) is 0 Å². The largest absolute Gasteiger partial charge is 0.494 e. The standard InChI is InChI=1S/C21H30N4O4/c1-3-28-17-7-5-16(6-8-17)14-24-9-11-25(12-10-24)15-19-18(20(26)29-4-2)13-22-21(27)23-19/h5-8H,3-4,9-15H2,1-2H3,(H2,22,23,27). The van der Waals surface area contributed by atoms with Crippen LogP contribution in [0.25, 0.3) is 0 Å². The molecule has 2 amide bonds. The summed E-state index contributed by atoms with van der Waals surface area (Å²) in [7, 11) is 0. The second kappa shape index (κ2) is 10.3. The van der Waals surface area contributed by atoms with Gasteiger partial charge >= 0.3 is 12.0 Å². The summed E-state index contributed by atoms with van der Waals surface area (Å²) < 4.78 is 10.6. The third-order valence-corrected chi connectivity index (χ3v) is 5.06. The minimum atomic E-state index is -0.371. The molecule has 2 heterocycles. The molecule has 29 heavy (non-hydrogen) atoms. The molecule has 0 spiro atoms. The Balaban J connectivity index is 1.53. The molecule has 1 aromatic rings. The number of benzene rings is 1. The number of hydrogen-bond donors (Lipinski definition) is 2. The molecule has 0 atom stereocenters. The van der Waals surface area contributed by atoms with E-state index in [4.69, 9.17) is 9.47 Å². The van der Waals surface area contributed by atoms with Gasteiger partial charge in [0.05, 0.1) is 25.3 Å². The van der Waals surface area contributed by atoms with Gasteiger partial charge in [0.15, 0.2) is 0 Å². The maximum absolute atomic E-state index is 12.2. The second-order valence-corrected chi connectivity index (χ2v) is 7.11. The summed E-state index contributed by atoms with van der Waals surface area (Å²) in [4.78, 5) is 28.6. The molecule has 0 unspecified atom stereocenters. The zero-order chi connectivity index (χ0) is 20.6. The van der Waals surface area contributed by atoms with Gasteiger partial charge < -0.3 is 20.1 Å². The van der Waals surface area contributed by atoms with Crippen LogP contribution in [-0.4, -0.2) is 74.3 Å². The summed E-state index contributed by atoms with van der Waals surface area (Å²) in [6.45, 7) is 10.0. The first-order valence-corrected chi connectivity index (χ1v) is 10.2. The lowest BCUT2D eigenvalue weighted by molar-refractivity contribution is -0.138. The van der Waals surface area contributed by atoms with Gasteiger partial charge in [-0.15, -0.1) is 0 Å². The van der Waals surface area contributed by atoms with Crippen molar-refractivity contribution in [2.45, 2.75) is 20.4 Å². The van der Waals surface area contributed by atoms with E-state index in [-0.39, 0.29) is 18.5 Å². The lowest BCUT2D eigenvalue weighted by Crippen LogP contribution is -2.50. The molecule has 0 aliphatic carbocycles. The van der Waals surface area contributed by atoms with Crippen molar-refractivity contribution < 1.29 is 19.1 Å². The predicted octanol–water partition coefficient (Wildman–Crippen LogP) is 1.33. The van der Waals surface area contributed by atoms with Crippen LogP contribution in [0, 0.1) is 0 Å². The van der Waals surface area contributed by atoms with E-state index in [9.17, 15) is 9.59 Å². The first kappa shape index (κ1) is 21.1. The van der Waals surface area contributed by atoms with Gasteiger partial charge in [0.25, 0.3) is 0 Å². The lowest BCUT2D eigenvalue weighted by Gasteiger charge is -2.36. The molecular weight excluding hydrogens is 372 g/mol. The third kappa shape index (κ3) is 5.95. The fourth-order valence-electron chi connectivity index (χ4n) is 3.53. The number of amides is 2. The molecule has 0 saturated carbocycles. The van der Waals surface area contributed by atoms with Gasteiger partial charge in [-0.2, -0.15) is 0 Å². The highest BCUT2D eigenvalue weighted by Gasteiger charge is 2.26. The van der Waals surface area contributed by atoms with E-state index in [2.05, 4.69) is 32.6 Å². The molecular formula is C21H30N4O4. The average molecular weight is 402 g/mol. The number of hydrogen-bond acceptors (Lipinski definition) is 6. The number of piperazine rings is 1. The fourth-order valence-corrected chi connectivity index (χ4v) is 3.53. The van der Waals surface area contributed by atoms with Gasteiger partial charge in [0.1, 0.15) is 5.75 Å². The topological polar surface area (TPSA) is 83.1 Å². The van der Waals surface area contributed by atoms with Crippen LogP contribution in [0.3, 0.4) is 0 Å². The van der Waals surface area contributed by atoms with Gasteiger partial charge in [-0.25, -0.2) is 9.59 Å². The first-order valence-electron chi connectivity index (χ1n) is 10.2. The van der Waals surface area contributed by atoms with E-state index in [1.807, 2.05) is 19.1 Å². The highest BCUT2D eigenvalue weighted by atomic mass is 16.5. The molecule has 8 nitrogen and oxygen atoms in total. The molecule has 158 valence electrons. The minimum absolute atomic E-state index is 0.206. The number of ether oxygens (including phenoxy) is 2. The number of carbonyl (C=O) groups excluding carboxylic acids is 2. The highest BCUT2D eigenvalue weighted by Crippen LogP contribution is 2.16.